The molecule has 64 valence electrons. The molecule has 0 aromatic heterocycles. The monoisotopic (exact) mass is 174 g/mol. The van der Waals surface area contributed by atoms with Gasteiger partial charge < -0.3 is 5.73 Å². The van der Waals surface area contributed by atoms with Crippen molar-refractivity contribution in [3.05, 3.63) is 0 Å². The second-order valence-corrected chi connectivity index (χ2v) is 3.53. The van der Waals surface area contributed by atoms with E-state index in [2.05, 4.69) is 6.07 Å². The summed E-state index contributed by atoms with van der Waals surface area (Å²) in [7, 11) is 0. The van der Waals surface area contributed by atoms with Crippen LogP contribution in [0.2, 0.25) is 0 Å². The molecule has 0 aromatic carbocycles. The first-order valence-corrected chi connectivity index (χ1v) is 3.83. The topological polar surface area (TPSA) is 49.8 Å². The Morgan fingerprint density at radius 2 is 2.27 bits per heavy atom. The highest BCUT2D eigenvalue weighted by atomic mass is 35.5. The highest BCUT2D eigenvalue weighted by Crippen LogP contribution is 2.33. The van der Waals surface area contributed by atoms with Gasteiger partial charge in [0.25, 0.3) is 0 Å². The number of nitriles is 1. The van der Waals surface area contributed by atoms with Gasteiger partial charge in [0.05, 0.1) is 11.5 Å². The molecule has 2 atom stereocenters. The van der Waals surface area contributed by atoms with E-state index in [-0.39, 0.29) is 23.9 Å². The van der Waals surface area contributed by atoms with E-state index in [1.807, 2.05) is 6.92 Å². The number of rotatable bonds is 0. The smallest absolute Gasteiger partial charge is 0.0687 e. The second kappa shape index (κ2) is 3.94. The normalized spacial score (nSPS) is 37.0. The number of nitrogens with two attached hydrogens (primary N) is 1. The van der Waals surface area contributed by atoms with Crippen LogP contribution < -0.4 is 5.73 Å². The third-order valence-corrected chi connectivity index (χ3v) is 2.29. The Kier molecular flexibility index (Phi) is 3.85. The summed E-state index contributed by atoms with van der Waals surface area (Å²) in [6.07, 6.45) is 4.11. The van der Waals surface area contributed by atoms with Gasteiger partial charge in [-0.05, 0) is 26.2 Å². The van der Waals surface area contributed by atoms with Crippen LogP contribution in [0.5, 0.6) is 0 Å². The Morgan fingerprint density at radius 3 is 2.64 bits per heavy atom. The molecule has 1 rings (SSSR count). The molecular formula is C8H15ClN2. The Labute approximate surface area is 74.2 Å². The summed E-state index contributed by atoms with van der Waals surface area (Å²) in [4.78, 5) is 0. The molecule has 1 aliphatic carbocycles. The van der Waals surface area contributed by atoms with E-state index in [9.17, 15) is 0 Å². The number of hydrogen-bond donors (Lipinski definition) is 1. The van der Waals surface area contributed by atoms with Crippen LogP contribution in [0, 0.1) is 16.7 Å². The lowest BCUT2D eigenvalue weighted by Gasteiger charge is -2.30. The molecule has 11 heavy (non-hydrogen) atoms. The van der Waals surface area contributed by atoms with E-state index >= 15 is 0 Å². The van der Waals surface area contributed by atoms with Crippen LogP contribution in [0.4, 0.5) is 0 Å². The van der Waals surface area contributed by atoms with Gasteiger partial charge >= 0.3 is 0 Å². The van der Waals surface area contributed by atoms with Gasteiger partial charge in [-0.25, -0.2) is 0 Å². The Balaban J connectivity index is 0.000001000. The van der Waals surface area contributed by atoms with Crippen LogP contribution in [-0.4, -0.2) is 6.04 Å². The summed E-state index contributed by atoms with van der Waals surface area (Å²) in [5.41, 5.74) is 5.61. The number of nitrogens with zero attached hydrogens (tertiary/aromatic N) is 1. The molecule has 0 spiro atoms. The fourth-order valence-corrected chi connectivity index (χ4v) is 1.64. The summed E-state index contributed by atoms with van der Waals surface area (Å²) in [5.74, 6) is 0. The minimum Gasteiger partial charge on any atom is -0.328 e. The molecule has 2 N–H and O–H groups in total. The number of halogens is 1. The fourth-order valence-electron chi connectivity index (χ4n) is 1.64. The molecule has 1 saturated carbocycles. The Hall–Kier alpha value is -0.260. The molecule has 2 nitrogen and oxygen atoms in total. The summed E-state index contributed by atoms with van der Waals surface area (Å²) in [6, 6.07) is 2.59. The molecule has 0 bridgehead atoms. The second-order valence-electron chi connectivity index (χ2n) is 3.53. The summed E-state index contributed by atoms with van der Waals surface area (Å²) in [5, 5.41) is 8.76. The van der Waals surface area contributed by atoms with E-state index in [1.165, 1.54) is 0 Å². The largest absolute Gasteiger partial charge is 0.328 e. The molecule has 0 aromatic rings. The van der Waals surface area contributed by atoms with Gasteiger partial charge in [-0.3, -0.25) is 0 Å². The van der Waals surface area contributed by atoms with Crippen LogP contribution in [0.25, 0.3) is 0 Å². The highest BCUT2D eigenvalue weighted by molar-refractivity contribution is 5.85. The van der Waals surface area contributed by atoms with Crippen LogP contribution in [0.3, 0.4) is 0 Å². The third kappa shape index (κ3) is 2.69. The lowest BCUT2D eigenvalue weighted by Crippen LogP contribution is -2.33. The van der Waals surface area contributed by atoms with Gasteiger partial charge in [0.15, 0.2) is 0 Å². The first kappa shape index (κ1) is 10.7. The maximum absolute atomic E-state index is 8.76. The molecule has 1 aliphatic rings. The summed E-state index contributed by atoms with van der Waals surface area (Å²) < 4.78 is 0. The molecule has 0 heterocycles. The first-order chi connectivity index (χ1) is 4.66. The zero-order chi connectivity index (χ0) is 7.61. The molecule has 0 amide bonds. The van der Waals surface area contributed by atoms with E-state index in [0.717, 1.165) is 25.7 Å². The lowest BCUT2D eigenvalue weighted by molar-refractivity contribution is 0.267. The van der Waals surface area contributed by atoms with Crippen LogP contribution >= 0.6 is 12.4 Å². The lowest BCUT2D eigenvalue weighted by atomic mass is 9.75. The van der Waals surface area contributed by atoms with E-state index in [1.54, 1.807) is 0 Å². The SMILES string of the molecule is C[C@]1(C#N)CCC[C@H](N)C1.Cl. The molecule has 0 aliphatic heterocycles. The summed E-state index contributed by atoms with van der Waals surface area (Å²) >= 11 is 0. The quantitative estimate of drug-likeness (QED) is 0.609. The molecule has 0 saturated heterocycles. The zero-order valence-corrected chi connectivity index (χ0v) is 7.66. The Bertz CT molecular complexity index is 164. The fraction of sp³-hybridized carbons (Fsp3) is 0.875. The molecule has 0 unspecified atom stereocenters. The van der Waals surface area contributed by atoms with Crippen molar-refractivity contribution in [2.45, 2.75) is 38.6 Å². The molecule has 3 heteroatoms. The summed E-state index contributed by atoms with van der Waals surface area (Å²) in [6.45, 7) is 2.01. The van der Waals surface area contributed by atoms with Crippen LogP contribution in [-0.2, 0) is 0 Å². The van der Waals surface area contributed by atoms with E-state index < -0.39 is 0 Å². The number of hydrogen-bond acceptors (Lipinski definition) is 2. The van der Waals surface area contributed by atoms with Gasteiger partial charge in [0.1, 0.15) is 0 Å². The van der Waals surface area contributed by atoms with E-state index in [4.69, 9.17) is 11.0 Å². The Morgan fingerprint density at radius 1 is 1.64 bits per heavy atom. The van der Waals surface area contributed by atoms with Crippen molar-refractivity contribution in [1.82, 2.24) is 0 Å². The van der Waals surface area contributed by atoms with Crippen molar-refractivity contribution in [2.75, 3.05) is 0 Å². The van der Waals surface area contributed by atoms with E-state index in [0.29, 0.717) is 0 Å². The minimum atomic E-state index is -0.127. The van der Waals surface area contributed by atoms with Crippen molar-refractivity contribution in [2.24, 2.45) is 11.1 Å². The van der Waals surface area contributed by atoms with Crippen LogP contribution in [0.1, 0.15) is 32.6 Å². The van der Waals surface area contributed by atoms with Gasteiger partial charge in [-0.1, -0.05) is 6.42 Å². The predicted octanol–water partition coefficient (Wildman–Crippen LogP) is 1.84. The van der Waals surface area contributed by atoms with Crippen molar-refractivity contribution in [3.63, 3.8) is 0 Å². The van der Waals surface area contributed by atoms with Gasteiger partial charge in [0.2, 0.25) is 0 Å². The van der Waals surface area contributed by atoms with Crippen molar-refractivity contribution in [3.8, 4) is 6.07 Å². The third-order valence-electron chi connectivity index (χ3n) is 2.29. The standard InChI is InChI=1S/C8H14N2.ClH/c1-8(6-9)4-2-3-7(10)5-8;/h7H,2-5,10H2,1H3;1H/t7-,8-;/m0./s1. The van der Waals surface area contributed by atoms with Gasteiger partial charge in [-0.2, -0.15) is 5.26 Å². The maximum atomic E-state index is 8.76. The zero-order valence-electron chi connectivity index (χ0n) is 6.84. The average Bonchev–Trinajstić information content (AvgIpc) is 1.88. The molecule has 1 fully saturated rings. The first-order valence-electron chi connectivity index (χ1n) is 3.83. The van der Waals surface area contributed by atoms with Gasteiger partial charge in [-0.15, -0.1) is 12.4 Å². The van der Waals surface area contributed by atoms with Crippen molar-refractivity contribution in [1.29, 1.82) is 5.26 Å². The minimum absolute atomic E-state index is 0. The molecule has 0 radical (unpaired) electrons. The predicted molar refractivity (Wildman–Crippen MR) is 47.4 cm³/mol. The average molecular weight is 175 g/mol. The van der Waals surface area contributed by atoms with Crippen LogP contribution in [0.15, 0.2) is 0 Å². The van der Waals surface area contributed by atoms with Crippen molar-refractivity contribution >= 4 is 12.4 Å². The molecular weight excluding hydrogens is 160 g/mol. The highest BCUT2D eigenvalue weighted by Gasteiger charge is 2.30. The van der Waals surface area contributed by atoms with Gasteiger partial charge in [0, 0.05) is 6.04 Å². The maximum Gasteiger partial charge on any atom is 0.0687 e. The van der Waals surface area contributed by atoms with Crippen molar-refractivity contribution < 1.29 is 0 Å².